The molecule has 1 saturated carbocycles. The summed E-state index contributed by atoms with van der Waals surface area (Å²) in [6.45, 7) is 5.39. The maximum atomic E-state index is 13.7. The van der Waals surface area contributed by atoms with E-state index >= 15 is 0 Å². The second-order valence-corrected chi connectivity index (χ2v) is 10.0. The van der Waals surface area contributed by atoms with Gasteiger partial charge in [-0.1, -0.05) is 56.6 Å². The van der Waals surface area contributed by atoms with Crippen molar-refractivity contribution in [3.8, 4) is 22.8 Å². The zero-order chi connectivity index (χ0) is 26.1. The van der Waals surface area contributed by atoms with E-state index in [0.717, 1.165) is 18.4 Å². The lowest BCUT2D eigenvalue weighted by Crippen LogP contribution is -2.44. The number of hydrogen-bond acceptors (Lipinski definition) is 4. The number of nitrogens with zero attached hydrogens (tertiary/aromatic N) is 2. The van der Waals surface area contributed by atoms with Crippen molar-refractivity contribution in [2.24, 2.45) is 5.41 Å². The first-order chi connectivity index (χ1) is 17.1. The molecule has 0 atom stereocenters. The molecule has 4 rings (SSSR count). The third kappa shape index (κ3) is 5.05. The number of rotatable bonds is 9. The Balaban J connectivity index is 1.62. The summed E-state index contributed by atoms with van der Waals surface area (Å²) in [6, 6.07) is 12.9. The molecule has 2 aromatic carbocycles. The molecule has 1 aliphatic carbocycles. The molecule has 0 spiro atoms. The van der Waals surface area contributed by atoms with Crippen LogP contribution in [0.25, 0.3) is 22.8 Å². The Morgan fingerprint density at radius 1 is 1.17 bits per heavy atom. The number of hydrogen-bond donors (Lipinski definition) is 2. The SMILES string of the molecule is CCC(CC)(C(=O)NCc1ccc(Cl)c(-c2nc(-c3cccc(C4(C)CC4)c3)nc(=O)[nH]2)c1)C(F)F. The molecule has 0 radical (unpaired) electrons. The molecule has 1 amide bonds. The van der Waals surface area contributed by atoms with Crippen molar-refractivity contribution < 1.29 is 13.6 Å². The van der Waals surface area contributed by atoms with Crippen molar-refractivity contribution in [2.75, 3.05) is 0 Å². The lowest BCUT2D eigenvalue weighted by molar-refractivity contribution is -0.142. The number of nitrogens with one attached hydrogen (secondary N) is 2. The van der Waals surface area contributed by atoms with Crippen LogP contribution in [0.2, 0.25) is 5.02 Å². The molecule has 1 fully saturated rings. The molecule has 3 aromatic rings. The van der Waals surface area contributed by atoms with Crippen molar-refractivity contribution in [1.82, 2.24) is 20.3 Å². The van der Waals surface area contributed by atoms with Crippen LogP contribution in [0.15, 0.2) is 47.3 Å². The minimum absolute atomic E-state index is 0.0280. The van der Waals surface area contributed by atoms with Gasteiger partial charge in [0.25, 0.3) is 6.43 Å². The van der Waals surface area contributed by atoms with Gasteiger partial charge in [0.05, 0.1) is 5.02 Å². The van der Waals surface area contributed by atoms with Crippen LogP contribution in [0.1, 0.15) is 57.6 Å². The van der Waals surface area contributed by atoms with Gasteiger partial charge in [-0.15, -0.1) is 0 Å². The quantitative estimate of drug-likeness (QED) is 0.372. The highest BCUT2D eigenvalue weighted by atomic mass is 35.5. The predicted molar refractivity (Wildman–Crippen MR) is 136 cm³/mol. The molecular weight excluding hydrogens is 486 g/mol. The molecule has 1 aliphatic rings. The molecule has 0 aliphatic heterocycles. The molecule has 2 N–H and O–H groups in total. The van der Waals surface area contributed by atoms with Gasteiger partial charge in [-0.05, 0) is 60.4 Å². The Morgan fingerprint density at radius 2 is 1.89 bits per heavy atom. The first-order valence-electron chi connectivity index (χ1n) is 12.1. The fraction of sp³-hybridized carbons (Fsp3) is 0.407. The van der Waals surface area contributed by atoms with Crippen LogP contribution in [0, 0.1) is 5.41 Å². The number of H-pyrrole nitrogens is 1. The van der Waals surface area contributed by atoms with Crippen molar-refractivity contribution in [1.29, 1.82) is 0 Å². The van der Waals surface area contributed by atoms with Gasteiger partial charge in [-0.2, -0.15) is 4.98 Å². The van der Waals surface area contributed by atoms with E-state index in [1.54, 1.807) is 32.0 Å². The third-order valence-electron chi connectivity index (χ3n) is 7.34. The molecule has 0 saturated heterocycles. The number of amides is 1. The standard InChI is InChI=1S/C27H29ClF2N4O2/c1-4-27(5-2,23(29)30)24(35)31-15-16-9-10-20(28)19(13-16)22-32-21(33-25(36)34-22)17-7-6-8-18(14-17)26(3)11-12-26/h6-10,13-14,23H,4-5,11-12,15H2,1-3H3,(H,31,35)(H,32,33,34,36). The topological polar surface area (TPSA) is 87.7 Å². The van der Waals surface area contributed by atoms with Gasteiger partial charge < -0.3 is 5.32 Å². The summed E-state index contributed by atoms with van der Waals surface area (Å²) in [5, 5.41) is 2.97. The van der Waals surface area contributed by atoms with Gasteiger partial charge in [0.2, 0.25) is 5.91 Å². The monoisotopic (exact) mass is 514 g/mol. The summed E-state index contributed by atoms with van der Waals surface area (Å²) in [4.78, 5) is 36.3. The molecule has 9 heteroatoms. The van der Waals surface area contributed by atoms with Crippen LogP contribution in [-0.2, 0) is 16.8 Å². The van der Waals surface area contributed by atoms with Crippen LogP contribution in [0.3, 0.4) is 0 Å². The average molecular weight is 515 g/mol. The highest BCUT2D eigenvalue weighted by molar-refractivity contribution is 6.33. The van der Waals surface area contributed by atoms with Gasteiger partial charge in [-0.25, -0.2) is 18.6 Å². The van der Waals surface area contributed by atoms with Crippen molar-refractivity contribution in [2.45, 2.75) is 64.8 Å². The number of benzene rings is 2. The highest BCUT2D eigenvalue weighted by Crippen LogP contribution is 2.48. The molecule has 0 unspecified atom stereocenters. The predicted octanol–water partition coefficient (Wildman–Crippen LogP) is 5.89. The fourth-order valence-electron chi connectivity index (χ4n) is 4.35. The number of alkyl halides is 2. The Bertz CT molecular complexity index is 1330. The van der Waals surface area contributed by atoms with E-state index < -0.39 is 23.4 Å². The van der Waals surface area contributed by atoms with Gasteiger partial charge in [0, 0.05) is 17.7 Å². The molecule has 0 bridgehead atoms. The van der Waals surface area contributed by atoms with Gasteiger partial charge >= 0.3 is 5.69 Å². The van der Waals surface area contributed by atoms with Crippen molar-refractivity contribution >= 4 is 17.5 Å². The van der Waals surface area contributed by atoms with Crippen molar-refractivity contribution in [3.05, 3.63) is 69.1 Å². The molecule has 1 aromatic heterocycles. The second kappa shape index (κ2) is 10.1. The Morgan fingerprint density at radius 3 is 2.53 bits per heavy atom. The largest absolute Gasteiger partial charge is 0.351 e. The zero-order valence-corrected chi connectivity index (χ0v) is 21.3. The van der Waals surface area contributed by atoms with E-state index in [1.807, 2.05) is 18.2 Å². The second-order valence-electron chi connectivity index (χ2n) is 9.63. The zero-order valence-electron chi connectivity index (χ0n) is 20.5. The van der Waals surface area contributed by atoms with Gasteiger partial charge in [0.15, 0.2) is 5.82 Å². The van der Waals surface area contributed by atoms with Crippen LogP contribution in [0.5, 0.6) is 0 Å². The average Bonchev–Trinajstić information content (AvgIpc) is 3.62. The van der Waals surface area contributed by atoms with Crippen molar-refractivity contribution in [3.63, 3.8) is 0 Å². The number of carbonyl (C=O) groups is 1. The van der Waals surface area contributed by atoms with Crippen LogP contribution >= 0.6 is 11.6 Å². The summed E-state index contributed by atoms with van der Waals surface area (Å²) in [5.74, 6) is -0.182. The molecule has 36 heavy (non-hydrogen) atoms. The number of carbonyl (C=O) groups excluding carboxylic acids is 1. The third-order valence-corrected chi connectivity index (χ3v) is 7.67. The van der Waals surface area contributed by atoms with E-state index in [9.17, 15) is 18.4 Å². The summed E-state index contributed by atoms with van der Waals surface area (Å²) in [6.07, 6.45) is -0.467. The summed E-state index contributed by atoms with van der Waals surface area (Å²) >= 11 is 6.43. The molecule has 1 heterocycles. The first kappa shape index (κ1) is 25.9. The normalized spacial score (nSPS) is 14.6. The Labute approximate surface area is 213 Å². The smallest absolute Gasteiger partial charge is 0.348 e. The lowest BCUT2D eigenvalue weighted by Gasteiger charge is -2.29. The van der Waals surface area contributed by atoms with E-state index in [1.165, 1.54) is 5.56 Å². The van der Waals surface area contributed by atoms with E-state index in [2.05, 4.69) is 33.3 Å². The number of halogens is 3. The summed E-state index contributed by atoms with van der Waals surface area (Å²) < 4.78 is 27.3. The van der Waals surface area contributed by atoms with Crippen LogP contribution in [-0.4, -0.2) is 27.3 Å². The van der Waals surface area contributed by atoms with E-state index in [-0.39, 0.29) is 36.5 Å². The van der Waals surface area contributed by atoms with E-state index in [4.69, 9.17) is 11.6 Å². The Kier molecular flexibility index (Phi) is 7.27. The Hall–Kier alpha value is -3.13. The minimum atomic E-state index is -2.77. The van der Waals surface area contributed by atoms with Gasteiger partial charge in [0.1, 0.15) is 11.2 Å². The van der Waals surface area contributed by atoms with Crippen LogP contribution < -0.4 is 11.0 Å². The number of aromatic nitrogens is 3. The molecule has 190 valence electrons. The molecular formula is C27H29ClF2N4O2. The molecule has 6 nitrogen and oxygen atoms in total. The fourth-order valence-corrected chi connectivity index (χ4v) is 4.56. The number of aromatic amines is 1. The highest BCUT2D eigenvalue weighted by Gasteiger charge is 2.43. The summed E-state index contributed by atoms with van der Waals surface area (Å²) in [7, 11) is 0. The summed E-state index contributed by atoms with van der Waals surface area (Å²) in [5.41, 5.74) is 0.840. The van der Waals surface area contributed by atoms with E-state index in [0.29, 0.717) is 16.1 Å². The maximum absolute atomic E-state index is 13.7. The van der Waals surface area contributed by atoms with Crippen LogP contribution in [0.4, 0.5) is 8.78 Å². The van der Waals surface area contributed by atoms with Gasteiger partial charge in [-0.3, -0.25) is 9.78 Å². The first-order valence-corrected chi connectivity index (χ1v) is 12.4. The maximum Gasteiger partial charge on any atom is 0.348 e. The lowest BCUT2D eigenvalue weighted by atomic mass is 9.81. The minimum Gasteiger partial charge on any atom is -0.351 e.